The summed E-state index contributed by atoms with van der Waals surface area (Å²) in [7, 11) is 0. The van der Waals surface area contributed by atoms with E-state index >= 15 is 0 Å². The SMILES string of the molecule is CC(=O)N1CC(=O)N(c2ccccc2)CC12CCN(CC1CC1)C2. The van der Waals surface area contributed by atoms with E-state index in [0.717, 1.165) is 37.7 Å². The molecule has 2 saturated heterocycles. The molecule has 1 atom stereocenters. The molecule has 1 aromatic rings. The third-order valence-electron chi connectivity index (χ3n) is 5.69. The lowest BCUT2D eigenvalue weighted by Crippen LogP contribution is -2.66. The van der Waals surface area contributed by atoms with Crippen molar-refractivity contribution < 1.29 is 9.59 Å². The molecule has 5 heteroatoms. The van der Waals surface area contributed by atoms with Gasteiger partial charge in [0.1, 0.15) is 6.54 Å². The highest BCUT2D eigenvalue weighted by Crippen LogP contribution is 2.37. The molecule has 1 unspecified atom stereocenters. The lowest BCUT2D eigenvalue weighted by Gasteiger charge is -2.48. The molecule has 4 rings (SSSR count). The van der Waals surface area contributed by atoms with Gasteiger partial charge >= 0.3 is 0 Å². The summed E-state index contributed by atoms with van der Waals surface area (Å²) >= 11 is 0. The van der Waals surface area contributed by atoms with Gasteiger partial charge in [0.2, 0.25) is 11.8 Å². The monoisotopic (exact) mass is 327 g/mol. The zero-order valence-electron chi connectivity index (χ0n) is 14.3. The predicted molar refractivity (Wildman–Crippen MR) is 92.7 cm³/mol. The van der Waals surface area contributed by atoms with E-state index < -0.39 is 0 Å². The molecule has 0 radical (unpaired) electrons. The Hall–Kier alpha value is -1.88. The Morgan fingerprint density at radius 3 is 2.62 bits per heavy atom. The summed E-state index contributed by atoms with van der Waals surface area (Å²) in [5, 5.41) is 0. The molecule has 0 N–H and O–H groups in total. The third-order valence-corrected chi connectivity index (χ3v) is 5.69. The molecular weight excluding hydrogens is 302 g/mol. The van der Waals surface area contributed by atoms with E-state index in [1.807, 2.05) is 40.1 Å². The molecule has 2 aliphatic heterocycles. The summed E-state index contributed by atoms with van der Waals surface area (Å²) in [4.78, 5) is 31.1. The minimum absolute atomic E-state index is 0.0164. The topological polar surface area (TPSA) is 43.9 Å². The standard InChI is InChI=1S/C19H25N3O2/c1-15(23)22-12-18(24)21(17-5-3-2-4-6-17)14-19(22)9-10-20(13-19)11-16-7-8-16/h2-6,16H,7-14H2,1H3. The van der Waals surface area contributed by atoms with Crippen molar-refractivity contribution in [2.45, 2.75) is 31.7 Å². The Morgan fingerprint density at radius 2 is 1.96 bits per heavy atom. The van der Waals surface area contributed by atoms with E-state index in [9.17, 15) is 9.59 Å². The van der Waals surface area contributed by atoms with Crippen molar-refractivity contribution in [2.24, 2.45) is 5.92 Å². The number of carbonyl (C=O) groups excluding carboxylic acids is 2. The number of hydrogen-bond donors (Lipinski definition) is 0. The van der Waals surface area contributed by atoms with E-state index in [1.54, 1.807) is 6.92 Å². The molecule has 1 spiro atoms. The van der Waals surface area contributed by atoms with Crippen molar-refractivity contribution in [1.82, 2.24) is 9.80 Å². The maximum absolute atomic E-state index is 12.6. The summed E-state index contributed by atoms with van der Waals surface area (Å²) in [6.07, 6.45) is 3.64. The molecular formula is C19H25N3O2. The number of likely N-dealkylation sites (tertiary alicyclic amines) is 1. The van der Waals surface area contributed by atoms with Crippen LogP contribution in [-0.4, -0.2) is 59.9 Å². The molecule has 2 amide bonds. The molecule has 1 aliphatic carbocycles. The van der Waals surface area contributed by atoms with Crippen molar-refractivity contribution in [3.63, 3.8) is 0 Å². The van der Waals surface area contributed by atoms with Crippen LogP contribution in [0.3, 0.4) is 0 Å². The minimum atomic E-state index is -0.232. The second-order valence-corrected chi connectivity index (χ2v) is 7.57. The second kappa shape index (κ2) is 5.88. The van der Waals surface area contributed by atoms with Gasteiger partial charge in [-0.05, 0) is 37.3 Å². The number of hydrogen-bond acceptors (Lipinski definition) is 3. The highest BCUT2D eigenvalue weighted by molar-refractivity contribution is 5.98. The number of carbonyl (C=O) groups is 2. The van der Waals surface area contributed by atoms with E-state index in [2.05, 4.69) is 4.90 Å². The van der Waals surface area contributed by atoms with Crippen molar-refractivity contribution in [1.29, 1.82) is 0 Å². The van der Waals surface area contributed by atoms with Crippen LogP contribution in [0.4, 0.5) is 5.69 Å². The Bertz CT molecular complexity index is 643. The van der Waals surface area contributed by atoms with E-state index in [0.29, 0.717) is 6.54 Å². The predicted octanol–water partition coefficient (Wildman–Crippen LogP) is 1.74. The maximum Gasteiger partial charge on any atom is 0.246 e. The Labute approximate surface area is 143 Å². The van der Waals surface area contributed by atoms with Gasteiger partial charge in [-0.25, -0.2) is 0 Å². The van der Waals surface area contributed by atoms with E-state index in [1.165, 1.54) is 12.8 Å². The number of piperazine rings is 1. The average Bonchev–Trinajstić information content (AvgIpc) is 3.30. The van der Waals surface area contributed by atoms with Crippen molar-refractivity contribution >= 4 is 17.5 Å². The van der Waals surface area contributed by atoms with Gasteiger partial charge < -0.3 is 14.7 Å². The van der Waals surface area contributed by atoms with Crippen molar-refractivity contribution in [3.05, 3.63) is 30.3 Å². The fraction of sp³-hybridized carbons (Fsp3) is 0.579. The molecule has 0 aromatic heterocycles. The lowest BCUT2D eigenvalue weighted by atomic mass is 9.91. The molecule has 128 valence electrons. The quantitative estimate of drug-likeness (QED) is 0.849. The molecule has 0 bridgehead atoms. The number of nitrogens with zero attached hydrogens (tertiary/aromatic N) is 3. The highest BCUT2D eigenvalue weighted by atomic mass is 16.2. The minimum Gasteiger partial charge on any atom is -0.325 e. The summed E-state index contributed by atoms with van der Waals surface area (Å²) in [6.45, 7) is 5.46. The Kier molecular flexibility index (Phi) is 3.83. The van der Waals surface area contributed by atoms with Crippen LogP contribution in [0.15, 0.2) is 30.3 Å². The van der Waals surface area contributed by atoms with Gasteiger partial charge in [-0.2, -0.15) is 0 Å². The van der Waals surface area contributed by atoms with Crippen LogP contribution >= 0.6 is 0 Å². The van der Waals surface area contributed by atoms with Crippen molar-refractivity contribution in [3.8, 4) is 0 Å². The van der Waals surface area contributed by atoms with Crippen LogP contribution in [-0.2, 0) is 9.59 Å². The van der Waals surface area contributed by atoms with Gasteiger partial charge in [0.25, 0.3) is 0 Å². The van der Waals surface area contributed by atoms with Gasteiger partial charge in [0, 0.05) is 32.2 Å². The molecule has 3 aliphatic rings. The Morgan fingerprint density at radius 1 is 1.21 bits per heavy atom. The van der Waals surface area contributed by atoms with Crippen LogP contribution in [0, 0.1) is 5.92 Å². The van der Waals surface area contributed by atoms with Gasteiger partial charge in [-0.1, -0.05) is 18.2 Å². The molecule has 1 saturated carbocycles. The van der Waals surface area contributed by atoms with E-state index in [-0.39, 0.29) is 23.9 Å². The summed E-state index contributed by atoms with van der Waals surface area (Å²) in [5.41, 5.74) is 0.704. The van der Waals surface area contributed by atoms with E-state index in [4.69, 9.17) is 0 Å². The fourth-order valence-corrected chi connectivity index (χ4v) is 4.26. The normalized spacial score (nSPS) is 28.0. The number of para-hydroxylation sites is 1. The smallest absolute Gasteiger partial charge is 0.246 e. The zero-order chi connectivity index (χ0) is 16.7. The van der Waals surface area contributed by atoms with Crippen LogP contribution in [0.1, 0.15) is 26.2 Å². The largest absolute Gasteiger partial charge is 0.325 e. The molecule has 3 fully saturated rings. The average molecular weight is 327 g/mol. The summed E-state index contributed by atoms with van der Waals surface area (Å²) in [6, 6.07) is 9.84. The fourth-order valence-electron chi connectivity index (χ4n) is 4.26. The zero-order valence-corrected chi connectivity index (χ0v) is 14.3. The van der Waals surface area contributed by atoms with Crippen LogP contribution in [0.5, 0.6) is 0 Å². The first-order valence-corrected chi connectivity index (χ1v) is 8.93. The number of rotatable bonds is 3. The van der Waals surface area contributed by atoms with Gasteiger partial charge in [-0.3, -0.25) is 9.59 Å². The molecule has 1 aromatic carbocycles. The second-order valence-electron chi connectivity index (χ2n) is 7.57. The number of benzene rings is 1. The van der Waals surface area contributed by atoms with Crippen molar-refractivity contribution in [2.75, 3.05) is 37.6 Å². The first-order valence-electron chi connectivity index (χ1n) is 8.93. The van der Waals surface area contributed by atoms with Gasteiger partial charge in [0.15, 0.2) is 0 Å². The summed E-state index contributed by atoms with van der Waals surface area (Å²) in [5.74, 6) is 0.883. The Balaban J connectivity index is 1.59. The molecule has 2 heterocycles. The van der Waals surface area contributed by atoms with Crippen LogP contribution in [0.2, 0.25) is 0 Å². The first kappa shape index (κ1) is 15.6. The van der Waals surface area contributed by atoms with Crippen LogP contribution < -0.4 is 4.90 Å². The highest BCUT2D eigenvalue weighted by Gasteiger charge is 2.50. The van der Waals surface area contributed by atoms with Crippen LogP contribution in [0.25, 0.3) is 0 Å². The van der Waals surface area contributed by atoms with Gasteiger partial charge in [-0.15, -0.1) is 0 Å². The first-order chi connectivity index (χ1) is 11.6. The maximum atomic E-state index is 12.6. The lowest BCUT2D eigenvalue weighted by molar-refractivity contribution is -0.142. The number of amides is 2. The van der Waals surface area contributed by atoms with Gasteiger partial charge in [0.05, 0.1) is 12.1 Å². The number of anilines is 1. The summed E-state index contributed by atoms with van der Waals surface area (Å²) < 4.78 is 0. The molecule has 24 heavy (non-hydrogen) atoms. The molecule has 5 nitrogen and oxygen atoms in total. The third kappa shape index (κ3) is 2.81.